The van der Waals surface area contributed by atoms with E-state index in [2.05, 4.69) is 27.9 Å². The van der Waals surface area contributed by atoms with Crippen molar-refractivity contribution in [2.45, 2.75) is 104 Å². The van der Waals surface area contributed by atoms with Crippen molar-refractivity contribution in [3.8, 4) is 0 Å². The second-order valence-corrected chi connectivity index (χ2v) is 8.78. The lowest BCUT2D eigenvalue weighted by Crippen LogP contribution is -2.40. The van der Waals surface area contributed by atoms with Gasteiger partial charge in [0.15, 0.2) is 0 Å². The third kappa shape index (κ3) is 34.0. The van der Waals surface area contributed by atoms with Gasteiger partial charge in [-0.3, -0.25) is 4.57 Å². The molecule has 0 bridgehead atoms. The Kier molecular flexibility index (Phi) is 21.0. The van der Waals surface area contributed by atoms with Crippen LogP contribution in [0.25, 0.3) is 0 Å². The van der Waals surface area contributed by atoms with E-state index in [9.17, 15) is 0 Å². The molecule has 0 amide bonds. The van der Waals surface area contributed by atoms with Crippen molar-refractivity contribution in [2.75, 3.05) is 27.2 Å². The van der Waals surface area contributed by atoms with Crippen molar-refractivity contribution < 1.29 is 28.7 Å². The number of hydrogen-bond acceptors (Lipinski definition) is 3. The minimum Gasteiger partial charge on any atom is -0.756 e. The average molecular weight is 412 g/mol. The first kappa shape index (κ1) is 29.2. The minimum absolute atomic E-state index is 0.717. The lowest BCUT2D eigenvalue weighted by atomic mass is 10.0. The maximum Gasteiger partial charge on any atom is 0.262 e. The summed E-state index contributed by atoms with van der Waals surface area (Å²) in [5.74, 6) is 0. The number of unbranched alkanes of at least 4 members (excludes halogenated alkanes) is 13. The lowest BCUT2D eigenvalue weighted by molar-refractivity contribution is -1.08. The van der Waals surface area contributed by atoms with Crippen molar-refractivity contribution >= 4 is 7.82 Å². The summed E-state index contributed by atoms with van der Waals surface area (Å²) in [4.78, 5) is 28.6. The molecular weight excluding hydrogens is 365 g/mol. The van der Waals surface area contributed by atoms with Crippen molar-refractivity contribution in [1.82, 2.24) is 0 Å². The van der Waals surface area contributed by atoms with Crippen molar-refractivity contribution in [3.63, 3.8) is 0 Å². The molecule has 7 heteroatoms. The highest BCUT2D eigenvalue weighted by molar-refractivity contribution is 7.43. The Bertz CT molecular complexity index is 339. The summed E-state index contributed by atoms with van der Waals surface area (Å²) in [6.45, 7) is 6.32. The van der Waals surface area contributed by atoms with E-state index in [1.165, 1.54) is 89.9 Å². The number of hydroxylamine groups is 3. The Balaban J connectivity index is 0. The van der Waals surface area contributed by atoms with E-state index >= 15 is 0 Å². The molecule has 0 saturated carbocycles. The molecule has 0 aliphatic carbocycles. The van der Waals surface area contributed by atoms with Gasteiger partial charge in [0, 0.05) is 0 Å². The number of phosphoric acid groups is 1. The standard InChI is InChI=1S/C20H44NO.H3O4P/c1-5-7-8-9-10-11-12-13-14-15-16-17-18-19-20-21(3,4)22-6-2;1-5(2,3)4/h5-20H2,1-4H3;(H3,1,2,3,4)/q+1;/p-1. The predicted molar refractivity (Wildman–Crippen MR) is 111 cm³/mol. The van der Waals surface area contributed by atoms with Crippen LogP contribution in [0.3, 0.4) is 0 Å². The second-order valence-electron chi connectivity index (χ2n) is 7.80. The average Bonchev–Trinajstić information content (AvgIpc) is 2.53. The van der Waals surface area contributed by atoms with Gasteiger partial charge < -0.3 is 14.7 Å². The smallest absolute Gasteiger partial charge is 0.262 e. The molecule has 27 heavy (non-hydrogen) atoms. The summed E-state index contributed by atoms with van der Waals surface area (Å²) < 4.78 is 9.49. The van der Waals surface area contributed by atoms with E-state index in [4.69, 9.17) is 24.1 Å². The first-order valence-corrected chi connectivity index (χ1v) is 12.4. The van der Waals surface area contributed by atoms with Gasteiger partial charge >= 0.3 is 0 Å². The van der Waals surface area contributed by atoms with Gasteiger partial charge in [-0.2, -0.15) is 4.65 Å². The van der Waals surface area contributed by atoms with Crippen LogP contribution in [-0.2, 0) is 9.40 Å². The maximum absolute atomic E-state index is 8.77. The zero-order valence-corrected chi connectivity index (χ0v) is 19.2. The molecule has 0 aliphatic heterocycles. The molecule has 0 saturated heterocycles. The number of quaternary nitrogens is 1. The fourth-order valence-electron chi connectivity index (χ4n) is 3.10. The van der Waals surface area contributed by atoms with Crippen LogP contribution in [0.15, 0.2) is 0 Å². The molecule has 0 unspecified atom stereocenters. The van der Waals surface area contributed by atoms with Gasteiger partial charge in [0.25, 0.3) is 7.82 Å². The van der Waals surface area contributed by atoms with Gasteiger partial charge in [-0.15, -0.1) is 0 Å². The summed E-state index contributed by atoms with van der Waals surface area (Å²) in [5, 5.41) is 0. The van der Waals surface area contributed by atoms with Gasteiger partial charge in [0.05, 0.1) is 14.1 Å². The fourth-order valence-corrected chi connectivity index (χ4v) is 3.10. The van der Waals surface area contributed by atoms with Crippen molar-refractivity contribution in [3.05, 3.63) is 0 Å². The predicted octanol–water partition coefficient (Wildman–Crippen LogP) is 4.94. The van der Waals surface area contributed by atoms with E-state index in [0.717, 1.165) is 17.8 Å². The highest BCUT2D eigenvalue weighted by Crippen LogP contribution is 2.19. The molecule has 6 nitrogen and oxygen atoms in total. The Morgan fingerprint density at radius 1 is 0.741 bits per heavy atom. The minimum atomic E-state index is -4.89. The second kappa shape index (κ2) is 19.4. The number of rotatable bonds is 17. The Morgan fingerprint density at radius 2 is 1.04 bits per heavy atom. The Labute approximate surface area is 168 Å². The molecule has 0 aromatic heterocycles. The Hall–Kier alpha value is 0.0300. The number of hydrogen-bond donors (Lipinski definition) is 2. The normalized spacial score (nSPS) is 12.0. The summed E-state index contributed by atoms with van der Waals surface area (Å²) in [5.41, 5.74) is 0. The van der Waals surface area contributed by atoms with Crippen molar-refractivity contribution in [1.29, 1.82) is 0 Å². The summed E-state index contributed by atoms with van der Waals surface area (Å²) in [6.07, 6.45) is 20.0. The molecule has 0 radical (unpaired) electrons. The molecule has 0 aromatic rings. The molecule has 0 heterocycles. The lowest BCUT2D eigenvalue weighted by Gasteiger charge is -2.26. The molecule has 166 valence electrons. The largest absolute Gasteiger partial charge is 0.756 e. The first-order valence-electron chi connectivity index (χ1n) is 10.9. The van der Waals surface area contributed by atoms with Crippen LogP contribution in [0.2, 0.25) is 0 Å². The monoisotopic (exact) mass is 411 g/mol. The van der Waals surface area contributed by atoms with Crippen LogP contribution in [0.1, 0.15) is 104 Å². The summed E-state index contributed by atoms with van der Waals surface area (Å²) in [6, 6.07) is 0. The van der Waals surface area contributed by atoms with E-state index in [1.54, 1.807) is 0 Å². The van der Waals surface area contributed by atoms with Crippen molar-refractivity contribution in [2.24, 2.45) is 0 Å². The van der Waals surface area contributed by atoms with Gasteiger partial charge in [-0.1, -0.05) is 84.0 Å². The topological polar surface area (TPSA) is 89.8 Å². The molecule has 0 rings (SSSR count). The van der Waals surface area contributed by atoms with Crippen LogP contribution < -0.4 is 4.89 Å². The van der Waals surface area contributed by atoms with Crippen LogP contribution in [0.5, 0.6) is 0 Å². The molecule has 0 spiro atoms. The van der Waals surface area contributed by atoms with E-state index in [0.29, 0.717) is 0 Å². The number of nitrogens with zero attached hydrogens (tertiary/aromatic N) is 1. The molecule has 2 N–H and O–H groups in total. The summed E-state index contributed by atoms with van der Waals surface area (Å²) in [7, 11) is -0.572. The van der Waals surface area contributed by atoms with Crippen LogP contribution in [0, 0.1) is 0 Å². The van der Waals surface area contributed by atoms with E-state index in [1.807, 2.05) is 0 Å². The quantitative estimate of drug-likeness (QED) is 0.153. The van der Waals surface area contributed by atoms with Gasteiger partial charge in [-0.05, 0) is 19.8 Å². The highest BCUT2D eigenvalue weighted by atomic mass is 31.2. The van der Waals surface area contributed by atoms with E-state index < -0.39 is 7.82 Å². The molecule has 0 aliphatic rings. The third-order valence-electron chi connectivity index (χ3n) is 4.53. The maximum atomic E-state index is 8.77. The van der Waals surface area contributed by atoms with Gasteiger partial charge in [-0.25, -0.2) is 4.84 Å². The first-order chi connectivity index (χ1) is 12.6. The fraction of sp³-hybridized carbons (Fsp3) is 1.00. The zero-order valence-electron chi connectivity index (χ0n) is 18.3. The summed E-state index contributed by atoms with van der Waals surface area (Å²) >= 11 is 0. The molecule has 0 aromatic carbocycles. The Morgan fingerprint density at radius 3 is 1.33 bits per heavy atom. The molecule has 0 fully saturated rings. The van der Waals surface area contributed by atoms with Crippen LogP contribution >= 0.6 is 7.82 Å². The van der Waals surface area contributed by atoms with E-state index in [-0.39, 0.29) is 0 Å². The molecular formula is C20H46NO5P. The SMILES string of the molecule is CCCCCCCCCCCCCCCC[N+](C)(C)OCC.O=P([O-])(O)O. The van der Waals surface area contributed by atoms with Gasteiger partial charge in [0.2, 0.25) is 0 Å². The van der Waals surface area contributed by atoms with Crippen LogP contribution in [-0.4, -0.2) is 41.7 Å². The zero-order chi connectivity index (χ0) is 21.0. The third-order valence-corrected chi connectivity index (χ3v) is 4.53. The van der Waals surface area contributed by atoms with Gasteiger partial charge in [0.1, 0.15) is 13.2 Å². The highest BCUT2D eigenvalue weighted by Gasteiger charge is 2.14. The van der Waals surface area contributed by atoms with Crippen LogP contribution in [0.4, 0.5) is 0 Å². The molecule has 0 atom stereocenters.